The van der Waals surface area contributed by atoms with Crippen LogP contribution in [0.15, 0.2) is 83.7 Å². The van der Waals surface area contributed by atoms with Crippen molar-refractivity contribution in [3.63, 3.8) is 0 Å². The van der Waals surface area contributed by atoms with Gasteiger partial charge in [0.15, 0.2) is 0 Å². The number of carboxylic acid groups (broad SMARTS) is 1. The van der Waals surface area contributed by atoms with Crippen molar-refractivity contribution in [1.82, 2.24) is 9.47 Å². The molecule has 1 aliphatic carbocycles. The standard InChI is InChI=1S/C33H27N3O4S3/c37-28(38)19-34-30(39)27(42-32(34)29-31(40)35(33(41)43-29)18-20-8-3-1-4-9-20)17-21-14-15-26-24(16-21)23-12-7-13-25(23)36(26)22-10-5-2-6-11-22/h1-6,8-11,14-17,23,25H,7,12-13,18-19H2,(H,37,38). The molecule has 10 heteroatoms. The fourth-order valence-electron chi connectivity index (χ4n) is 6.44. The maximum atomic E-state index is 13.6. The molecule has 2 aliphatic heterocycles. The van der Waals surface area contributed by atoms with Crippen molar-refractivity contribution in [2.45, 2.75) is 44.3 Å². The van der Waals surface area contributed by atoms with E-state index in [4.69, 9.17) is 12.2 Å². The first-order valence-corrected chi connectivity index (χ1v) is 16.2. The molecule has 1 aromatic heterocycles. The van der Waals surface area contributed by atoms with Gasteiger partial charge in [0.05, 0.1) is 11.1 Å². The van der Waals surface area contributed by atoms with Crippen molar-refractivity contribution in [3.8, 4) is 0 Å². The maximum Gasteiger partial charge on any atom is 0.323 e. The van der Waals surface area contributed by atoms with Crippen LogP contribution < -0.4 is 19.7 Å². The average molecular weight is 626 g/mol. The molecule has 2 fully saturated rings. The normalized spacial score (nSPS) is 21.1. The molecule has 0 radical (unpaired) electrons. The van der Waals surface area contributed by atoms with Crippen LogP contribution in [0, 0.1) is 0 Å². The summed E-state index contributed by atoms with van der Waals surface area (Å²) in [4.78, 5) is 43.1. The Morgan fingerprint density at radius 3 is 2.49 bits per heavy atom. The lowest BCUT2D eigenvalue weighted by Gasteiger charge is -2.27. The number of hydrogen-bond acceptors (Lipinski definition) is 7. The van der Waals surface area contributed by atoms with Gasteiger partial charge in [-0.05, 0) is 59.9 Å². The van der Waals surface area contributed by atoms with Crippen LogP contribution in [0.3, 0.4) is 0 Å². The summed E-state index contributed by atoms with van der Waals surface area (Å²) in [6, 6.07) is 26.7. The fourth-order valence-corrected chi connectivity index (χ4v) is 8.95. The number of carbonyl (C=O) groups excluding carboxylic acids is 1. The van der Waals surface area contributed by atoms with E-state index in [1.54, 1.807) is 0 Å². The predicted molar refractivity (Wildman–Crippen MR) is 175 cm³/mol. The van der Waals surface area contributed by atoms with Gasteiger partial charge in [0.2, 0.25) is 0 Å². The van der Waals surface area contributed by atoms with Crippen LogP contribution in [0.25, 0.3) is 11.0 Å². The van der Waals surface area contributed by atoms with E-state index in [1.165, 1.54) is 32.8 Å². The Balaban J connectivity index is 1.30. The van der Waals surface area contributed by atoms with Gasteiger partial charge in [-0.2, -0.15) is 0 Å². The number of fused-ring (bicyclic) bond motifs is 3. The minimum atomic E-state index is -1.15. The summed E-state index contributed by atoms with van der Waals surface area (Å²) < 4.78 is 2.26. The van der Waals surface area contributed by atoms with Crippen LogP contribution in [-0.4, -0.2) is 36.8 Å². The van der Waals surface area contributed by atoms with E-state index < -0.39 is 18.1 Å². The van der Waals surface area contributed by atoms with Gasteiger partial charge < -0.3 is 10.0 Å². The maximum absolute atomic E-state index is 13.6. The fraction of sp³-hybridized carbons (Fsp3) is 0.212. The highest BCUT2D eigenvalue weighted by molar-refractivity contribution is 8.30. The summed E-state index contributed by atoms with van der Waals surface area (Å²) >= 11 is 7.79. The number of para-hydroxylation sites is 1. The zero-order chi connectivity index (χ0) is 29.7. The third-order valence-electron chi connectivity index (χ3n) is 8.28. The number of aliphatic carboxylic acids is 1. The van der Waals surface area contributed by atoms with E-state index in [9.17, 15) is 19.5 Å². The minimum Gasteiger partial charge on any atom is -0.480 e. The molecule has 1 amide bonds. The van der Waals surface area contributed by atoms with Crippen LogP contribution in [0.4, 0.5) is 11.4 Å². The highest BCUT2D eigenvalue weighted by Crippen LogP contribution is 2.52. The number of amides is 1. The summed E-state index contributed by atoms with van der Waals surface area (Å²) in [5, 5.41) is 9.63. The van der Waals surface area contributed by atoms with E-state index in [2.05, 4.69) is 41.3 Å². The molecular weight excluding hydrogens is 599 g/mol. The van der Waals surface area contributed by atoms with Gasteiger partial charge in [0.25, 0.3) is 11.5 Å². The van der Waals surface area contributed by atoms with Crippen molar-refractivity contribution >= 4 is 73.9 Å². The predicted octanol–water partition coefficient (Wildman–Crippen LogP) is 4.78. The van der Waals surface area contributed by atoms with Gasteiger partial charge in [0, 0.05) is 23.3 Å². The number of nitrogens with zero attached hydrogens (tertiary/aromatic N) is 3. The number of anilines is 2. The van der Waals surface area contributed by atoms with Gasteiger partial charge in [-0.15, -0.1) is 11.3 Å². The van der Waals surface area contributed by atoms with Crippen molar-refractivity contribution in [1.29, 1.82) is 0 Å². The van der Waals surface area contributed by atoms with Crippen LogP contribution in [0.1, 0.15) is 41.9 Å². The molecule has 2 atom stereocenters. The zero-order valence-electron chi connectivity index (χ0n) is 23.0. The first-order valence-electron chi connectivity index (χ1n) is 14.1. The molecule has 0 spiro atoms. The Hall–Kier alpha value is -3.99. The third-order valence-corrected chi connectivity index (χ3v) is 11.0. The molecule has 3 aliphatic rings. The molecule has 3 heterocycles. The second-order valence-electron chi connectivity index (χ2n) is 10.9. The number of rotatable bonds is 6. The number of thiocarbonyl (C=S) groups is 1. The number of hydrogen-bond donors (Lipinski definition) is 1. The molecule has 216 valence electrons. The van der Waals surface area contributed by atoms with Crippen molar-refractivity contribution < 1.29 is 14.7 Å². The lowest BCUT2D eigenvalue weighted by molar-refractivity contribution is -0.137. The molecule has 2 unspecified atom stereocenters. The Morgan fingerprint density at radius 2 is 1.74 bits per heavy atom. The summed E-state index contributed by atoms with van der Waals surface area (Å²) in [5.41, 5.74) is 5.04. The Kier molecular flexibility index (Phi) is 7.28. The summed E-state index contributed by atoms with van der Waals surface area (Å²) in [6.45, 7) is -0.235. The number of carboxylic acids is 1. The molecule has 0 bridgehead atoms. The van der Waals surface area contributed by atoms with Crippen LogP contribution in [0.5, 0.6) is 0 Å². The van der Waals surface area contributed by atoms with Gasteiger partial charge in [0.1, 0.15) is 20.4 Å². The van der Waals surface area contributed by atoms with Gasteiger partial charge in [-0.3, -0.25) is 23.9 Å². The topological polar surface area (TPSA) is 82.8 Å². The molecule has 7 nitrogen and oxygen atoms in total. The molecule has 43 heavy (non-hydrogen) atoms. The quantitative estimate of drug-likeness (QED) is 0.309. The Labute approximate surface area is 261 Å². The second kappa shape index (κ2) is 11.3. The van der Waals surface area contributed by atoms with Gasteiger partial charge in [-0.25, -0.2) is 0 Å². The van der Waals surface area contributed by atoms with Gasteiger partial charge in [-0.1, -0.05) is 85.0 Å². The molecular formula is C33H27N3O4S3. The van der Waals surface area contributed by atoms with E-state index >= 15 is 0 Å². The third kappa shape index (κ3) is 5.03. The lowest BCUT2D eigenvalue weighted by Crippen LogP contribution is -2.35. The van der Waals surface area contributed by atoms with Crippen molar-refractivity contribution in [2.24, 2.45) is 0 Å². The molecule has 1 saturated heterocycles. The van der Waals surface area contributed by atoms with Gasteiger partial charge >= 0.3 is 5.97 Å². The number of thioether (sulfide) groups is 1. The first-order chi connectivity index (χ1) is 20.9. The number of thiazole rings is 1. The number of benzene rings is 3. The minimum absolute atomic E-state index is 0.283. The van der Waals surface area contributed by atoms with E-state index in [0.29, 0.717) is 32.0 Å². The monoisotopic (exact) mass is 625 g/mol. The molecule has 7 rings (SSSR count). The van der Waals surface area contributed by atoms with E-state index in [0.717, 1.165) is 47.1 Å². The van der Waals surface area contributed by atoms with Crippen molar-refractivity contribution in [3.05, 3.63) is 115 Å². The Morgan fingerprint density at radius 1 is 1.00 bits per heavy atom. The Bertz CT molecular complexity index is 1950. The van der Waals surface area contributed by atoms with Crippen LogP contribution >= 0.6 is 35.3 Å². The lowest BCUT2D eigenvalue weighted by atomic mass is 9.96. The van der Waals surface area contributed by atoms with E-state index in [1.807, 2.05) is 48.5 Å². The number of aromatic nitrogens is 1. The average Bonchev–Trinajstić information content (AvgIpc) is 3.74. The number of carbonyl (C=O) groups is 2. The molecule has 3 aromatic carbocycles. The molecule has 4 aromatic rings. The first kappa shape index (κ1) is 27.8. The van der Waals surface area contributed by atoms with Crippen molar-refractivity contribution in [2.75, 3.05) is 4.90 Å². The SMILES string of the molecule is O=C(O)Cn1c(=C2SC(=S)N(Cc3ccccc3)C2=O)sc(=Cc2ccc3c(c2)C2CCCC2N3c2ccccc2)c1=O. The summed E-state index contributed by atoms with van der Waals surface area (Å²) in [6.07, 6.45) is 5.24. The smallest absolute Gasteiger partial charge is 0.323 e. The molecule has 1 saturated carbocycles. The second-order valence-corrected chi connectivity index (χ2v) is 13.6. The highest BCUT2D eigenvalue weighted by Gasteiger charge is 2.42. The largest absolute Gasteiger partial charge is 0.480 e. The van der Waals surface area contributed by atoms with Crippen LogP contribution in [0.2, 0.25) is 0 Å². The van der Waals surface area contributed by atoms with E-state index in [-0.39, 0.29) is 10.8 Å². The summed E-state index contributed by atoms with van der Waals surface area (Å²) in [7, 11) is 0. The highest BCUT2D eigenvalue weighted by atomic mass is 32.2. The zero-order valence-corrected chi connectivity index (χ0v) is 25.5. The van der Waals surface area contributed by atoms with Crippen LogP contribution in [-0.2, 0) is 22.7 Å². The summed E-state index contributed by atoms with van der Waals surface area (Å²) in [5.74, 6) is -1.05. The molecule has 1 N–H and O–H groups in total.